The molecule has 45 heavy (non-hydrogen) atoms. The zero-order valence-electron chi connectivity index (χ0n) is 25.8. The Labute approximate surface area is 266 Å². The third-order valence-corrected chi connectivity index (χ3v) is 9.43. The van der Waals surface area contributed by atoms with Crippen molar-refractivity contribution in [3.8, 4) is 11.8 Å². The molecule has 9 nitrogen and oxygen atoms in total. The van der Waals surface area contributed by atoms with Crippen LogP contribution in [0.1, 0.15) is 78.1 Å². The van der Waals surface area contributed by atoms with Crippen molar-refractivity contribution in [3.05, 3.63) is 82.5 Å². The van der Waals surface area contributed by atoms with Crippen molar-refractivity contribution in [2.24, 2.45) is 11.3 Å². The van der Waals surface area contributed by atoms with E-state index in [-0.39, 0.29) is 29.1 Å². The summed E-state index contributed by atoms with van der Waals surface area (Å²) < 4.78 is 10.6. The summed E-state index contributed by atoms with van der Waals surface area (Å²) in [5.74, 6) is -0.704. The molecule has 1 aromatic heterocycles. The zero-order chi connectivity index (χ0) is 32.3. The average Bonchev–Trinajstić information content (AvgIpc) is 3.30. The third-order valence-electron chi connectivity index (χ3n) is 8.24. The molecule has 2 atom stereocenters. The minimum absolute atomic E-state index is 0.0311. The van der Waals surface area contributed by atoms with Gasteiger partial charge < -0.3 is 9.47 Å². The molecular formula is C35H35N3O6S. The second-order valence-corrected chi connectivity index (χ2v) is 13.4. The molecule has 1 aliphatic carbocycles. The lowest BCUT2D eigenvalue weighted by Gasteiger charge is -2.34. The lowest BCUT2D eigenvalue weighted by atomic mass is 9.71. The molecule has 0 N–H and O–H groups in total. The summed E-state index contributed by atoms with van der Waals surface area (Å²) in [7, 11) is 0. The molecule has 0 saturated carbocycles. The summed E-state index contributed by atoms with van der Waals surface area (Å²) in [4.78, 5) is 57.3. The molecule has 1 saturated heterocycles. The van der Waals surface area contributed by atoms with Gasteiger partial charge in [-0.2, -0.15) is 5.26 Å². The van der Waals surface area contributed by atoms with Crippen LogP contribution in [0.5, 0.6) is 5.75 Å². The number of esters is 1. The maximum atomic E-state index is 13.4. The van der Waals surface area contributed by atoms with E-state index < -0.39 is 23.7 Å². The molecule has 2 aromatic carbocycles. The molecule has 232 valence electrons. The van der Waals surface area contributed by atoms with Crippen molar-refractivity contribution in [3.63, 3.8) is 0 Å². The number of thioether (sulfide) groups is 1. The smallest absolute Gasteiger partial charge is 0.338 e. The SMILES string of the molecule is CCOc1ccc(C(=O)COC(=O)c2ccc(N3C(=O)CC(Sc4nc5c(cc4C#N)CC(C(C)(C)C)CC5)C3=O)cc2)cc1. The number of hydrogen-bond donors (Lipinski definition) is 0. The molecule has 2 unspecified atom stereocenters. The summed E-state index contributed by atoms with van der Waals surface area (Å²) in [5, 5.41) is 9.61. The number of aromatic nitrogens is 1. The lowest BCUT2D eigenvalue weighted by Crippen LogP contribution is -2.31. The molecular weight excluding hydrogens is 590 g/mol. The van der Waals surface area contributed by atoms with E-state index in [0.717, 1.165) is 47.2 Å². The van der Waals surface area contributed by atoms with E-state index in [0.29, 0.717) is 40.1 Å². The van der Waals surface area contributed by atoms with Gasteiger partial charge in [-0.05, 0) is 97.7 Å². The monoisotopic (exact) mass is 625 g/mol. The van der Waals surface area contributed by atoms with Gasteiger partial charge in [0, 0.05) is 17.7 Å². The largest absolute Gasteiger partial charge is 0.494 e. The van der Waals surface area contributed by atoms with Crippen LogP contribution in [-0.4, -0.2) is 47.0 Å². The maximum Gasteiger partial charge on any atom is 0.338 e. The van der Waals surface area contributed by atoms with Gasteiger partial charge in [0.15, 0.2) is 12.4 Å². The van der Waals surface area contributed by atoms with Crippen LogP contribution in [0.15, 0.2) is 59.6 Å². The first kappa shape index (κ1) is 31.9. The first-order chi connectivity index (χ1) is 21.5. The van der Waals surface area contributed by atoms with Gasteiger partial charge in [0.2, 0.25) is 11.8 Å². The Morgan fingerprint density at radius 2 is 1.73 bits per heavy atom. The Morgan fingerprint density at radius 1 is 1.04 bits per heavy atom. The maximum absolute atomic E-state index is 13.4. The Balaban J connectivity index is 1.21. The molecule has 3 aromatic rings. The van der Waals surface area contributed by atoms with E-state index in [1.165, 1.54) is 24.3 Å². The van der Waals surface area contributed by atoms with Gasteiger partial charge in [-0.1, -0.05) is 32.5 Å². The van der Waals surface area contributed by atoms with E-state index in [9.17, 15) is 24.4 Å². The van der Waals surface area contributed by atoms with E-state index in [1.54, 1.807) is 24.3 Å². The minimum Gasteiger partial charge on any atom is -0.494 e. The molecule has 2 heterocycles. The Bertz CT molecular complexity index is 1670. The van der Waals surface area contributed by atoms with Gasteiger partial charge in [0.25, 0.3) is 0 Å². The summed E-state index contributed by atoms with van der Waals surface area (Å²) in [5.41, 5.74) is 3.49. The summed E-state index contributed by atoms with van der Waals surface area (Å²) >= 11 is 1.15. The second kappa shape index (κ2) is 13.2. The summed E-state index contributed by atoms with van der Waals surface area (Å²) in [6, 6.07) is 16.6. The number of amides is 2. The summed E-state index contributed by atoms with van der Waals surface area (Å²) in [6.45, 7) is 8.63. The molecule has 0 spiro atoms. The van der Waals surface area contributed by atoms with Crippen LogP contribution in [0.4, 0.5) is 5.69 Å². The van der Waals surface area contributed by atoms with Crippen molar-refractivity contribution >= 4 is 41.0 Å². The van der Waals surface area contributed by atoms with Crippen LogP contribution in [0.2, 0.25) is 0 Å². The Kier molecular flexibility index (Phi) is 9.40. The average molecular weight is 626 g/mol. The highest BCUT2D eigenvalue weighted by Gasteiger charge is 2.41. The quantitative estimate of drug-likeness (QED) is 0.161. The molecule has 5 rings (SSSR count). The van der Waals surface area contributed by atoms with Gasteiger partial charge in [-0.3, -0.25) is 14.4 Å². The number of Topliss-reactive ketones (excluding diaryl/α,β-unsaturated/α-hetero) is 1. The van der Waals surface area contributed by atoms with Crippen molar-refractivity contribution in [2.45, 2.75) is 63.7 Å². The predicted octanol–water partition coefficient (Wildman–Crippen LogP) is 5.97. The van der Waals surface area contributed by atoms with Crippen LogP contribution in [0.25, 0.3) is 0 Å². The number of nitriles is 1. The van der Waals surface area contributed by atoms with Gasteiger partial charge in [-0.25, -0.2) is 14.7 Å². The fourth-order valence-corrected chi connectivity index (χ4v) is 6.70. The lowest BCUT2D eigenvalue weighted by molar-refractivity contribution is -0.121. The van der Waals surface area contributed by atoms with Gasteiger partial charge in [-0.15, -0.1) is 0 Å². The molecule has 2 aliphatic rings. The molecule has 0 bridgehead atoms. The van der Waals surface area contributed by atoms with E-state index in [1.807, 2.05) is 13.0 Å². The van der Waals surface area contributed by atoms with E-state index in [2.05, 4.69) is 26.8 Å². The number of ether oxygens (including phenoxy) is 2. The highest BCUT2D eigenvalue weighted by molar-refractivity contribution is 8.00. The number of imide groups is 1. The number of hydrogen-bond acceptors (Lipinski definition) is 9. The standard InChI is InChI=1S/C35H35N3O6S/c1-5-43-27-13-8-21(9-14-27)29(39)20-44-34(42)22-6-11-26(12-7-22)38-31(40)18-30(33(38)41)45-32-24(19-36)16-23-17-25(35(2,3)4)10-15-28(23)37-32/h6-9,11-14,16,25,30H,5,10,15,17-18,20H2,1-4H3. The molecule has 0 radical (unpaired) electrons. The number of carbonyl (C=O) groups is 4. The number of pyridine rings is 1. The zero-order valence-corrected chi connectivity index (χ0v) is 26.6. The molecule has 1 fully saturated rings. The van der Waals surface area contributed by atoms with Crippen LogP contribution in [-0.2, 0) is 27.2 Å². The number of carbonyl (C=O) groups excluding carboxylic acids is 4. The minimum atomic E-state index is -0.723. The molecule has 2 amide bonds. The highest BCUT2D eigenvalue weighted by atomic mass is 32.2. The molecule has 10 heteroatoms. The number of benzene rings is 2. The van der Waals surface area contributed by atoms with Crippen LogP contribution in [0.3, 0.4) is 0 Å². The summed E-state index contributed by atoms with van der Waals surface area (Å²) in [6.07, 6.45) is 2.65. The second-order valence-electron chi connectivity index (χ2n) is 12.2. The first-order valence-corrected chi connectivity index (χ1v) is 15.9. The number of nitrogens with zero attached hydrogens (tertiary/aromatic N) is 3. The predicted molar refractivity (Wildman–Crippen MR) is 169 cm³/mol. The van der Waals surface area contributed by atoms with Crippen molar-refractivity contribution in [1.29, 1.82) is 5.26 Å². The number of fused-ring (bicyclic) bond motifs is 1. The Morgan fingerprint density at radius 3 is 2.38 bits per heavy atom. The fraction of sp³-hybridized carbons (Fsp3) is 0.371. The van der Waals surface area contributed by atoms with Gasteiger partial charge in [0.1, 0.15) is 16.8 Å². The van der Waals surface area contributed by atoms with Crippen molar-refractivity contribution in [2.75, 3.05) is 18.1 Å². The number of anilines is 1. The van der Waals surface area contributed by atoms with E-state index in [4.69, 9.17) is 14.5 Å². The van der Waals surface area contributed by atoms with Gasteiger partial charge >= 0.3 is 5.97 Å². The van der Waals surface area contributed by atoms with Crippen LogP contribution in [0, 0.1) is 22.7 Å². The fourth-order valence-electron chi connectivity index (χ4n) is 5.60. The van der Waals surface area contributed by atoms with Gasteiger partial charge in [0.05, 0.1) is 28.7 Å². The van der Waals surface area contributed by atoms with Crippen LogP contribution >= 0.6 is 11.8 Å². The highest BCUT2D eigenvalue weighted by Crippen LogP contribution is 2.40. The van der Waals surface area contributed by atoms with Crippen LogP contribution < -0.4 is 9.64 Å². The molecule has 1 aliphatic heterocycles. The Hall–Kier alpha value is -4.49. The topological polar surface area (TPSA) is 127 Å². The number of rotatable bonds is 9. The first-order valence-electron chi connectivity index (χ1n) is 15.0. The number of aryl methyl sites for hydroxylation is 1. The normalized spacial score (nSPS) is 17.9. The third kappa shape index (κ3) is 7.10. The van der Waals surface area contributed by atoms with Crippen molar-refractivity contribution < 1.29 is 28.7 Å². The number of ketones is 1. The van der Waals surface area contributed by atoms with Crippen molar-refractivity contribution in [1.82, 2.24) is 4.98 Å². The van der Waals surface area contributed by atoms with E-state index >= 15 is 0 Å².